The van der Waals surface area contributed by atoms with Crippen LogP contribution in [0, 0.1) is 16.9 Å². The van der Waals surface area contributed by atoms with E-state index in [1.165, 1.54) is 22.2 Å². The standard InChI is InChI=1S/C15H22N4OS/c1-18(2)11-13-6-4-7-14(10-13)20-9-5-8-19(12-16)15(17)21-3/h4,6-7,10,17H,5,8-9,11H2,1-3H3. The Morgan fingerprint density at radius 1 is 1.43 bits per heavy atom. The SMILES string of the molecule is CSC(=N)N(C#N)CCCOc1cccc(CN(C)C)c1. The van der Waals surface area contributed by atoms with E-state index >= 15 is 0 Å². The number of amidine groups is 1. The minimum Gasteiger partial charge on any atom is -0.494 e. The second-order valence-electron chi connectivity index (χ2n) is 4.85. The summed E-state index contributed by atoms with van der Waals surface area (Å²) in [4.78, 5) is 3.48. The van der Waals surface area contributed by atoms with Crippen LogP contribution >= 0.6 is 11.8 Å². The van der Waals surface area contributed by atoms with Gasteiger partial charge in [0.1, 0.15) is 5.75 Å². The van der Waals surface area contributed by atoms with E-state index in [4.69, 9.17) is 15.4 Å². The summed E-state index contributed by atoms with van der Waals surface area (Å²) in [5.74, 6) is 0.845. The van der Waals surface area contributed by atoms with Gasteiger partial charge in [0, 0.05) is 19.5 Å². The lowest BCUT2D eigenvalue weighted by Crippen LogP contribution is -2.24. The van der Waals surface area contributed by atoms with Crippen molar-refractivity contribution in [3.05, 3.63) is 29.8 Å². The van der Waals surface area contributed by atoms with Gasteiger partial charge in [0.2, 0.25) is 0 Å². The van der Waals surface area contributed by atoms with Crippen LogP contribution in [-0.4, -0.2) is 48.5 Å². The van der Waals surface area contributed by atoms with Gasteiger partial charge in [0.25, 0.3) is 0 Å². The van der Waals surface area contributed by atoms with Crippen molar-refractivity contribution in [3.8, 4) is 11.9 Å². The topological polar surface area (TPSA) is 63.4 Å². The Kier molecular flexibility index (Phi) is 7.65. The third-order valence-electron chi connectivity index (χ3n) is 2.75. The predicted molar refractivity (Wildman–Crippen MR) is 87.5 cm³/mol. The monoisotopic (exact) mass is 306 g/mol. The minimum atomic E-state index is 0.269. The van der Waals surface area contributed by atoms with Crippen molar-refractivity contribution in [1.82, 2.24) is 9.80 Å². The van der Waals surface area contributed by atoms with Crippen LogP contribution in [0.2, 0.25) is 0 Å². The summed E-state index contributed by atoms with van der Waals surface area (Å²) in [6.07, 6.45) is 4.50. The summed E-state index contributed by atoms with van der Waals surface area (Å²) in [5, 5.41) is 16.8. The van der Waals surface area contributed by atoms with Crippen LogP contribution in [0.1, 0.15) is 12.0 Å². The summed E-state index contributed by atoms with van der Waals surface area (Å²) in [6, 6.07) is 8.03. The molecule has 0 aromatic heterocycles. The molecule has 1 N–H and O–H groups in total. The van der Waals surface area contributed by atoms with Gasteiger partial charge in [-0.1, -0.05) is 23.9 Å². The van der Waals surface area contributed by atoms with Crippen LogP contribution in [0.4, 0.5) is 0 Å². The van der Waals surface area contributed by atoms with Gasteiger partial charge in [-0.2, -0.15) is 5.26 Å². The number of hydrogen-bond acceptors (Lipinski definition) is 5. The van der Waals surface area contributed by atoms with Gasteiger partial charge in [-0.15, -0.1) is 0 Å². The highest BCUT2D eigenvalue weighted by atomic mass is 32.2. The van der Waals surface area contributed by atoms with Gasteiger partial charge in [-0.05, 0) is 38.0 Å². The van der Waals surface area contributed by atoms with Crippen molar-refractivity contribution in [2.45, 2.75) is 13.0 Å². The van der Waals surface area contributed by atoms with Gasteiger partial charge in [0.05, 0.1) is 6.61 Å². The quantitative estimate of drug-likeness (QED) is 0.276. The lowest BCUT2D eigenvalue weighted by molar-refractivity contribution is 0.299. The summed E-state index contributed by atoms with van der Waals surface area (Å²) in [6.45, 7) is 1.92. The molecule has 0 spiro atoms. The van der Waals surface area contributed by atoms with Crippen molar-refractivity contribution in [1.29, 1.82) is 10.7 Å². The van der Waals surface area contributed by atoms with Gasteiger partial charge in [0.15, 0.2) is 11.4 Å². The third-order valence-corrected chi connectivity index (χ3v) is 3.36. The van der Waals surface area contributed by atoms with Gasteiger partial charge < -0.3 is 9.64 Å². The molecule has 1 rings (SSSR count). The molecule has 1 aromatic carbocycles. The highest BCUT2D eigenvalue weighted by Gasteiger charge is 2.07. The third kappa shape index (κ3) is 6.52. The van der Waals surface area contributed by atoms with Crippen molar-refractivity contribution < 1.29 is 4.74 Å². The lowest BCUT2D eigenvalue weighted by Gasteiger charge is -2.15. The van der Waals surface area contributed by atoms with Crippen molar-refractivity contribution >= 4 is 16.9 Å². The second kappa shape index (κ2) is 9.27. The molecular weight excluding hydrogens is 284 g/mol. The molecule has 6 heteroatoms. The van der Waals surface area contributed by atoms with Crippen molar-refractivity contribution in [2.75, 3.05) is 33.5 Å². The van der Waals surface area contributed by atoms with Crippen LogP contribution in [0.3, 0.4) is 0 Å². The van der Waals surface area contributed by atoms with Gasteiger partial charge >= 0.3 is 0 Å². The number of benzene rings is 1. The van der Waals surface area contributed by atoms with E-state index in [-0.39, 0.29) is 5.17 Å². The molecule has 0 unspecified atom stereocenters. The predicted octanol–water partition coefficient (Wildman–Crippen LogP) is 2.60. The van der Waals surface area contributed by atoms with Crippen molar-refractivity contribution in [3.63, 3.8) is 0 Å². The molecule has 21 heavy (non-hydrogen) atoms. The molecule has 0 bridgehead atoms. The first-order chi connectivity index (χ1) is 10.1. The molecule has 0 aliphatic carbocycles. The maximum atomic E-state index is 8.94. The van der Waals surface area contributed by atoms with Crippen LogP contribution < -0.4 is 4.74 Å². The fraction of sp³-hybridized carbons (Fsp3) is 0.467. The maximum absolute atomic E-state index is 8.94. The molecule has 5 nitrogen and oxygen atoms in total. The Bertz CT molecular complexity index is 499. The number of hydrogen-bond donors (Lipinski definition) is 1. The zero-order valence-corrected chi connectivity index (χ0v) is 13.6. The zero-order chi connectivity index (χ0) is 15.7. The first-order valence-electron chi connectivity index (χ1n) is 6.73. The van der Waals surface area contributed by atoms with Crippen LogP contribution in [0.25, 0.3) is 0 Å². The number of nitrogens with one attached hydrogen (secondary N) is 1. The first-order valence-corrected chi connectivity index (χ1v) is 7.95. The fourth-order valence-corrected chi connectivity index (χ4v) is 2.17. The van der Waals surface area contributed by atoms with E-state index in [0.29, 0.717) is 19.6 Å². The molecule has 0 aliphatic heterocycles. The van der Waals surface area contributed by atoms with E-state index in [2.05, 4.69) is 11.0 Å². The van der Waals surface area contributed by atoms with Crippen LogP contribution in [-0.2, 0) is 6.54 Å². The van der Waals surface area contributed by atoms with E-state index < -0.39 is 0 Å². The van der Waals surface area contributed by atoms with Crippen LogP contribution in [0.15, 0.2) is 24.3 Å². The number of ether oxygens (including phenoxy) is 1. The average molecular weight is 306 g/mol. The molecule has 0 atom stereocenters. The molecule has 0 amide bonds. The fourth-order valence-electron chi connectivity index (χ4n) is 1.82. The van der Waals surface area contributed by atoms with Gasteiger partial charge in [-0.25, -0.2) is 0 Å². The molecule has 114 valence electrons. The largest absolute Gasteiger partial charge is 0.494 e. The summed E-state index contributed by atoms with van der Waals surface area (Å²) >= 11 is 1.26. The summed E-state index contributed by atoms with van der Waals surface area (Å²) in [5.41, 5.74) is 1.21. The number of nitrogens with zero attached hydrogens (tertiary/aromatic N) is 3. The van der Waals surface area contributed by atoms with Crippen molar-refractivity contribution in [2.24, 2.45) is 0 Å². The molecule has 0 saturated carbocycles. The molecule has 0 fully saturated rings. The molecule has 1 aromatic rings. The van der Waals surface area contributed by atoms with E-state index in [1.807, 2.05) is 38.5 Å². The van der Waals surface area contributed by atoms with E-state index in [9.17, 15) is 0 Å². The maximum Gasteiger partial charge on any atom is 0.185 e. The van der Waals surface area contributed by atoms with Crippen LogP contribution in [0.5, 0.6) is 5.75 Å². The minimum absolute atomic E-state index is 0.269. The molecule has 0 radical (unpaired) electrons. The normalized spacial score (nSPS) is 10.2. The number of rotatable bonds is 7. The molecule has 0 saturated heterocycles. The Balaban J connectivity index is 2.39. The van der Waals surface area contributed by atoms with E-state index in [0.717, 1.165) is 12.3 Å². The number of nitriles is 1. The second-order valence-corrected chi connectivity index (χ2v) is 5.64. The summed E-state index contributed by atoms with van der Waals surface area (Å²) < 4.78 is 5.70. The number of thioether (sulfide) groups is 1. The smallest absolute Gasteiger partial charge is 0.185 e. The lowest BCUT2D eigenvalue weighted by atomic mass is 10.2. The highest BCUT2D eigenvalue weighted by Crippen LogP contribution is 2.14. The average Bonchev–Trinajstić information content (AvgIpc) is 2.46. The molecule has 0 heterocycles. The van der Waals surface area contributed by atoms with Gasteiger partial charge in [-0.3, -0.25) is 10.3 Å². The Labute approximate surface area is 131 Å². The van der Waals surface area contributed by atoms with E-state index in [1.54, 1.807) is 6.26 Å². The Morgan fingerprint density at radius 2 is 2.19 bits per heavy atom. The highest BCUT2D eigenvalue weighted by molar-refractivity contribution is 8.13. The summed E-state index contributed by atoms with van der Waals surface area (Å²) in [7, 11) is 4.06. The zero-order valence-electron chi connectivity index (χ0n) is 12.8. The molecular formula is C15H22N4OS. The first kappa shape index (κ1) is 17.3. The molecule has 0 aliphatic rings. The Hall–Kier alpha value is -1.71. The Morgan fingerprint density at radius 3 is 2.81 bits per heavy atom.